The summed E-state index contributed by atoms with van der Waals surface area (Å²) in [6, 6.07) is -0.996. The number of allylic oxidation sites excluding steroid dienone is 7. The molecule has 3 saturated heterocycles. The van der Waals surface area contributed by atoms with Crippen LogP contribution >= 0.6 is 0 Å². The van der Waals surface area contributed by atoms with Crippen LogP contribution in [-0.4, -0.2) is 193 Å². The molecule has 3 fully saturated rings. The quantitative estimate of drug-likeness (QED) is 0.0199. The average Bonchev–Trinajstić information content (AvgIpc) is 0.783. The number of aliphatic hydroxyl groups is 11. The van der Waals surface area contributed by atoms with Crippen molar-refractivity contribution in [3.05, 3.63) is 48.6 Å². The number of amides is 1. The van der Waals surface area contributed by atoms with Crippen molar-refractivity contribution in [3.63, 3.8) is 0 Å². The molecule has 3 heterocycles. The molecule has 19 nitrogen and oxygen atoms in total. The summed E-state index contributed by atoms with van der Waals surface area (Å²) in [5.41, 5.74) is 0. The predicted molar refractivity (Wildman–Crippen MR) is 397 cm³/mol. The Labute approximate surface area is 605 Å². The molecule has 0 aromatic heterocycles. The van der Waals surface area contributed by atoms with Crippen LogP contribution in [0.4, 0.5) is 0 Å². The highest BCUT2D eigenvalue weighted by Gasteiger charge is 2.54. The molecule has 0 bridgehead atoms. The molecule has 17 atom stereocenters. The molecule has 0 spiro atoms. The first-order chi connectivity index (χ1) is 48.8. The molecule has 17 unspecified atom stereocenters. The van der Waals surface area contributed by atoms with E-state index in [1.54, 1.807) is 6.08 Å². The molecule has 1 amide bonds. The van der Waals surface area contributed by atoms with E-state index in [0.717, 1.165) is 44.9 Å². The second-order valence-corrected chi connectivity index (χ2v) is 29.2. The zero-order chi connectivity index (χ0) is 72.5. The third-order valence-electron chi connectivity index (χ3n) is 20.3. The van der Waals surface area contributed by atoms with Crippen LogP contribution in [0.15, 0.2) is 48.6 Å². The van der Waals surface area contributed by atoms with E-state index in [1.807, 2.05) is 6.08 Å². The fourth-order valence-corrected chi connectivity index (χ4v) is 13.8. The van der Waals surface area contributed by atoms with E-state index in [2.05, 4.69) is 55.6 Å². The second-order valence-electron chi connectivity index (χ2n) is 29.2. The van der Waals surface area contributed by atoms with E-state index in [0.29, 0.717) is 12.8 Å². The molecule has 3 aliphatic rings. The number of carbonyl (C=O) groups is 1. The summed E-state index contributed by atoms with van der Waals surface area (Å²) in [4.78, 5) is 13.4. The van der Waals surface area contributed by atoms with Crippen molar-refractivity contribution < 1.29 is 89.4 Å². The molecule has 586 valence electrons. The number of unbranched alkanes of at least 4 members (excludes halogenated alkanes) is 43. The van der Waals surface area contributed by atoms with Gasteiger partial charge in [0, 0.05) is 6.42 Å². The van der Waals surface area contributed by atoms with E-state index < -0.39 is 124 Å². The lowest BCUT2D eigenvalue weighted by molar-refractivity contribution is -0.379. The molecule has 3 rings (SSSR count). The third kappa shape index (κ3) is 41.6. The van der Waals surface area contributed by atoms with E-state index in [9.17, 15) is 61.0 Å². The van der Waals surface area contributed by atoms with E-state index >= 15 is 0 Å². The van der Waals surface area contributed by atoms with Gasteiger partial charge in [0.25, 0.3) is 0 Å². The minimum atomic E-state index is -1.98. The van der Waals surface area contributed by atoms with Crippen LogP contribution in [0.3, 0.4) is 0 Å². The minimum absolute atomic E-state index is 0.235. The van der Waals surface area contributed by atoms with Crippen molar-refractivity contribution in [2.24, 2.45) is 0 Å². The number of aliphatic hydroxyl groups excluding tert-OH is 11. The number of carbonyl (C=O) groups excluding carboxylic acids is 1. The molecule has 19 heteroatoms. The van der Waals surface area contributed by atoms with Crippen molar-refractivity contribution >= 4 is 5.91 Å². The first-order valence-electron chi connectivity index (χ1n) is 40.9. The number of hydrogen-bond acceptors (Lipinski definition) is 18. The van der Waals surface area contributed by atoms with E-state index in [4.69, 9.17) is 28.4 Å². The van der Waals surface area contributed by atoms with Gasteiger partial charge in [-0.25, -0.2) is 0 Å². The van der Waals surface area contributed by atoms with E-state index in [1.165, 1.54) is 250 Å². The molecule has 0 aliphatic carbocycles. The maximum Gasteiger partial charge on any atom is 0.220 e. The monoisotopic (exact) mass is 1420 g/mol. The summed E-state index contributed by atoms with van der Waals surface area (Å²) in [6.07, 6.45) is 51.4. The van der Waals surface area contributed by atoms with Gasteiger partial charge in [-0.2, -0.15) is 0 Å². The van der Waals surface area contributed by atoms with Crippen molar-refractivity contribution in [2.75, 3.05) is 26.4 Å². The molecule has 0 aromatic carbocycles. The van der Waals surface area contributed by atoms with Crippen molar-refractivity contribution in [3.8, 4) is 0 Å². The van der Waals surface area contributed by atoms with Gasteiger partial charge < -0.3 is 89.9 Å². The summed E-state index contributed by atoms with van der Waals surface area (Å²) in [7, 11) is 0. The van der Waals surface area contributed by atoms with Crippen LogP contribution in [0.1, 0.15) is 328 Å². The highest BCUT2D eigenvalue weighted by atomic mass is 16.8. The molecular weight excluding hydrogens is 1270 g/mol. The van der Waals surface area contributed by atoms with Gasteiger partial charge in [-0.05, 0) is 70.6 Å². The predicted octanol–water partition coefficient (Wildman–Crippen LogP) is 13.7. The lowest BCUT2D eigenvalue weighted by Crippen LogP contribution is -2.66. The van der Waals surface area contributed by atoms with Crippen LogP contribution < -0.4 is 5.32 Å². The van der Waals surface area contributed by atoms with Crippen LogP contribution in [0.25, 0.3) is 0 Å². The Morgan fingerprint density at radius 1 is 0.350 bits per heavy atom. The first kappa shape index (κ1) is 92.0. The lowest BCUT2D eigenvalue weighted by Gasteiger charge is -2.48. The third-order valence-corrected chi connectivity index (χ3v) is 20.3. The number of ether oxygens (including phenoxy) is 6. The lowest BCUT2D eigenvalue weighted by atomic mass is 9.96. The Balaban J connectivity index is 1.30. The fourth-order valence-electron chi connectivity index (χ4n) is 13.8. The smallest absolute Gasteiger partial charge is 0.220 e. The molecule has 3 aliphatic heterocycles. The summed E-state index contributed by atoms with van der Waals surface area (Å²) in [5, 5.41) is 121. The van der Waals surface area contributed by atoms with Crippen molar-refractivity contribution in [1.82, 2.24) is 5.32 Å². The normalized spacial score (nSPS) is 26.7. The summed E-state index contributed by atoms with van der Waals surface area (Å²) < 4.78 is 34.4. The summed E-state index contributed by atoms with van der Waals surface area (Å²) in [5.74, 6) is -0.285. The first-order valence-corrected chi connectivity index (χ1v) is 40.9. The largest absolute Gasteiger partial charge is 0.394 e. The second kappa shape index (κ2) is 61.9. The number of nitrogens with one attached hydrogen (secondary N) is 1. The van der Waals surface area contributed by atoms with Crippen LogP contribution in [0, 0.1) is 0 Å². The zero-order valence-electron chi connectivity index (χ0n) is 62.7. The maximum absolute atomic E-state index is 13.4. The van der Waals surface area contributed by atoms with Crippen LogP contribution in [-0.2, 0) is 33.2 Å². The minimum Gasteiger partial charge on any atom is -0.394 e. The van der Waals surface area contributed by atoms with Gasteiger partial charge in [0.05, 0.1) is 38.6 Å². The van der Waals surface area contributed by atoms with Crippen molar-refractivity contribution in [2.45, 2.75) is 433 Å². The Morgan fingerprint density at radius 3 is 1.00 bits per heavy atom. The number of hydrogen-bond donors (Lipinski definition) is 12. The highest BCUT2D eigenvalue weighted by molar-refractivity contribution is 5.76. The zero-order valence-corrected chi connectivity index (χ0v) is 62.7. The van der Waals surface area contributed by atoms with Gasteiger partial charge in [-0.3, -0.25) is 4.79 Å². The topological polar surface area (TPSA) is 307 Å². The highest BCUT2D eigenvalue weighted by Crippen LogP contribution is 2.33. The summed E-state index contributed by atoms with van der Waals surface area (Å²) in [6.45, 7) is 1.72. The molecule has 100 heavy (non-hydrogen) atoms. The van der Waals surface area contributed by atoms with Gasteiger partial charge in [0.2, 0.25) is 5.91 Å². The molecule has 0 aromatic rings. The summed E-state index contributed by atoms with van der Waals surface area (Å²) >= 11 is 0. The van der Waals surface area contributed by atoms with E-state index in [-0.39, 0.29) is 18.9 Å². The number of rotatable bonds is 65. The van der Waals surface area contributed by atoms with Gasteiger partial charge in [0.15, 0.2) is 18.9 Å². The van der Waals surface area contributed by atoms with Crippen LogP contribution in [0.5, 0.6) is 0 Å². The average molecular weight is 1430 g/mol. The van der Waals surface area contributed by atoms with Gasteiger partial charge in [0.1, 0.15) is 73.2 Å². The Bertz CT molecular complexity index is 1990. The Morgan fingerprint density at radius 2 is 0.640 bits per heavy atom. The van der Waals surface area contributed by atoms with Crippen LogP contribution in [0.2, 0.25) is 0 Å². The van der Waals surface area contributed by atoms with Gasteiger partial charge >= 0.3 is 0 Å². The van der Waals surface area contributed by atoms with Gasteiger partial charge in [-0.1, -0.05) is 300 Å². The Hall–Kier alpha value is -2.25. The van der Waals surface area contributed by atoms with Gasteiger partial charge in [-0.15, -0.1) is 0 Å². The Kier molecular flexibility index (Phi) is 56.9. The molecule has 0 saturated carbocycles. The maximum atomic E-state index is 13.4. The molecule has 12 N–H and O–H groups in total. The fraction of sp³-hybridized carbons (Fsp3) is 0.889. The molecular formula is C81H149NO18. The van der Waals surface area contributed by atoms with Crippen molar-refractivity contribution in [1.29, 1.82) is 0 Å². The SMILES string of the molecule is CCCCCCCC/C=C/CC/C=C/CC/C=C/C(O)C(COC1OC(CO)C(OC2OC(CO)C(OC3OC(CO)C(O)C(O)C3O)C(O)C2O)C(O)C1O)NC(=O)CCCCCCCCCCCCCCCCCCCCCCCCCCCCC/C=C\CCCCCCCCCC. The molecule has 0 radical (unpaired) electrons. The standard InChI is InChI=1S/C81H149NO18/c1-3-5-7-9-11-13-15-17-19-21-22-23-24-25-26-27-28-29-30-31-32-33-34-35-36-37-38-39-40-41-42-43-45-47-49-51-53-55-57-59-69(87)82-64(65(86)58-56-54-52-50-48-46-44-20-18-16-14-12-10-8-6-4-2)63-95-79-75(93)72(90)77(67(61-84)97-79)100-81-76(94)73(91)78(68(62-85)98-81)99-80-74(92)71(89)70(88)66(60-83)96-80/h18,20-22,48,50,56,58,64-68,70-81,83-86,88-94H,3-17,19,23-47,49,51-55,57,59-63H2,1-2H3,(H,82,87)/b20-18+,22-21-,50-48+,58-56+.